The smallest absolute Gasteiger partial charge is 0.332 e. The van der Waals surface area contributed by atoms with Gasteiger partial charge in [0.25, 0.3) is 0 Å². The molecular weight excluding hydrogens is 529 g/mol. The second-order valence-electron chi connectivity index (χ2n) is 9.78. The van der Waals surface area contributed by atoms with Crippen molar-refractivity contribution in [1.29, 1.82) is 0 Å². The largest absolute Gasteiger partial charge is 0.493 e. The van der Waals surface area contributed by atoms with Gasteiger partial charge >= 0.3 is 5.37 Å². The zero-order valence-electron chi connectivity index (χ0n) is 20.9. The number of amides is 1. The molecule has 192 valence electrons. The van der Waals surface area contributed by atoms with Crippen molar-refractivity contribution in [3.63, 3.8) is 0 Å². The molecule has 3 aromatic rings. The van der Waals surface area contributed by atoms with E-state index in [2.05, 4.69) is 17.6 Å². The average Bonchev–Trinajstić information content (AvgIpc) is 3.69. The van der Waals surface area contributed by atoms with E-state index in [4.69, 9.17) is 44.5 Å². The molecule has 5 rings (SSSR count). The molecule has 1 heterocycles. The van der Waals surface area contributed by atoms with E-state index in [1.165, 1.54) is 18.4 Å². The van der Waals surface area contributed by atoms with E-state index >= 15 is 0 Å². The van der Waals surface area contributed by atoms with Crippen LogP contribution in [0.25, 0.3) is 0 Å². The van der Waals surface area contributed by atoms with Crippen LogP contribution in [0.2, 0.25) is 10.0 Å². The Morgan fingerprint density at radius 3 is 2.14 bits per heavy atom. The number of nitrogens with one attached hydrogen (secondary N) is 1. The van der Waals surface area contributed by atoms with Gasteiger partial charge < -0.3 is 4.74 Å². The summed E-state index contributed by atoms with van der Waals surface area (Å²) >= 11 is 18.5. The van der Waals surface area contributed by atoms with Crippen molar-refractivity contribution in [1.82, 2.24) is 10.4 Å². The van der Waals surface area contributed by atoms with Gasteiger partial charge in [0.2, 0.25) is 0 Å². The van der Waals surface area contributed by atoms with Gasteiger partial charge in [-0.15, -0.1) is 0 Å². The van der Waals surface area contributed by atoms with Crippen LogP contribution in [0.4, 0.5) is 4.79 Å². The van der Waals surface area contributed by atoms with Crippen molar-refractivity contribution in [3.05, 3.63) is 99.0 Å². The van der Waals surface area contributed by atoms with E-state index in [0.29, 0.717) is 28.4 Å². The Labute approximate surface area is 232 Å². The lowest BCUT2D eigenvalue weighted by Gasteiger charge is -2.45. The second kappa shape index (κ2) is 9.86. The Morgan fingerprint density at radius 2 is 1.59 bits per heavy atom. The maximum atomic E-state index is 12.4. The maximum Gasteiger partial charge on any atom is 0.332 e. The molecule has 2 aliphatic rings. The van der Waals surface area contributed by atoms with Gasteiger partial charge in [0.15, 0.2) is 5.84 Å². The summed E-state index contributed by atoms with van der Waals surface area (Å²) in [5.74, 6) is 1.84. The molecule has 0 spiro atoms. The van der Waals surface area contributed by atoms with Gasteiger partial charge in [-0.25, -0.2) is 0 Å². The van der Waals surface area contributed by atoms with Crippen molar-refractivity contribution < 1.29 is 9.53 Å². The molecule has 0 aromatic heterocycles. The van der Waals surface area contributed by atoms with Crippen LogP contribution < -0.4 is 10.2 Å². The summed E-state index contributed by atoms with van der Waals surface area (Å²) in [5.41, 5.74) is 4.94. The number of hydrogen-bond donors (Lipinski definition) is 1. The van der Waals surface area contributed by atoms with Gasteiger partial charge in [0.1, 0.15) is 16.8 Å². The van der Waals surface area contributed by atoms with E-state index in [9.17, 15) is 4.79 Å². The molecule has 37 heavy (non-hydrogen) atoms. The lowest BCUT2D eigenvalue weighted by atomic mass is 9.71. The highest BCUT2D eigenvalue weighted by Gasteiger charge is 2.58. The van der Waals surface area contributed by atoms with Crippen molar-refractivity contribution in [2.45, 2.75) is 50.6 Å². The highest BCUT2D eigenvalue weighted by atomic mass is 35.5. The fourth-order valence-electron chi connectivity index (χ4n) is 5.21. The van der Waals surface area contributed by atoms with E-state index in [-0.39, 0.29) is 0 Å². The van der Waals surface area contributed by atoms with Gasteiger partial charge in [-0.2, -0.15) is 0 Å². The number of carbonyl (C=O) groups is 1. The first-order valence-electron chi connectivity index (χ1n) is 12.3. The highest BCUT2D eigenvalue weighted by molar-refractivity contribution is 6.63. The fourth-order valence-corrected chi connectivity index (χ4v) is 5.54. The van der Waals surface area contributed by atoms with Gasteiger partial charge in [-0.05, 0) is 104 Å². The molecule has 1 aliphatic carbocycles. The summed E-state index contributed by atoms with van der Waals surface area (Å²) in [4.78, 5) is 17.7. The van der Waals surface area contributed by atoms with E-state index in [0.717, 1.165) is 22.4 Å². The van der Waals surface area contributed by atoms with Crippen molar-refractivity contribution >= 4 is 46.0 Å². The fraction of sp³-hybridized carbons (Fsp3) is 0.310. The number of hydrazine groups is 1. The van der Waals surface area contributed by atoms with Gasteiger partial charge in [0.05, 0.1) is 12.2 Å². The number of aliphatic imine (C=N–C) groups is 1. The molecule has 1 aliphatic heterocycles. The van der Waals surface area contributed by atoms with Crippen molar-refractivity contribution in [2.24, 2.45) is 4.99 Å². The Balaban J connectivity index is 1.76. The normalized spacial score (nSPS) is 23.1. The Morgan fingerprint density at radius 1 is 1.00 bits per heavy atom. The van der Waals surface area contributed by atoms with E-state index in [1.807, 2.05) is 75.4 Å². The van der Waals surface area contributed by atoms with E-state index in [1.54, 1.807) is 5.01 Å². The number of benzene rings is 3. The van der Waals surface area contributed by atoms with Crippen LogP contribution in [0.1, 0.15) is 61.8 Å². The number of halogens is 3. The van der Waals surface area contributed by atoms with Crippen LogP contribution in [0.3, 0.4) is 0 Å². The summed E-state index contributed by atoms with van der Waals surface area (Å²) in [6, 6.07) is 21.4. The Bertz CT molecular complexity index is 1360. The molecule has 0 bridgehead atoms. The first kappa shape index (κ1) is 25.9. The molecule has 3 aromatic carbocycles. The van der Waals surface area contributed by atoms with E-state index < -0.39 is 16.4 Å². The number of ether oxygens (including phenoxy) is 1. The molecule has 1 fully saturated rings. The van der Waals surface area contributed by atoms with Gasteiger partial charge in [-0.1, -0.05) is 53.5 Å². The number of amidine groups is 1. The molecule has 8 heteroatoms. The first-order chi connectivity index (χ1) is 17.7. The molecule has 1 saturated carbocycles. The quantitative estimate of drug-likeness (QED) is 0.237. The molecule has 5 nitrogen and oxygen atoms in total. The molecule has 2 atom stereocenters. The minimum Gasteiger partial charge on any atom is -0.493 e. The standard InChI is InChI=1S/C29H28Cl3N3O2/c1-4-37-25-17-19(18-5-6-18)7-16-24(25)26-33-28(2,20-8-12-22(30)13-9-20)29(3,35(26)34-27(32)36)21-10-14-23(31)15-11-21/h7-18H,4-6H2,1-3H3,(H,34,36)/t28-,29+/m0/s1. The lowest BCUT2D eigenvalue weighted by Crippen LogP contribution is -2.58. The summed E-state index contributed by atoms with van der Waals surface area (Å²) in [6.45, 7) is 6.54. The van der Waals surface area contributed by atoms with Gasteiger partial charge in [-0.3, -0.25) is 20.2 Å². The van der Waals surface area contributed by atoms with Crippen LogP contribution in [0.15, 0.2) is 71.7 Å². The summed E-state index contributed by atoms with van der Waals surface area (Å²) in [5, 5.41) is 2.28. The zero-order valence-corrected chi connectivity index (χ0v) is 23.2. The topological polar surface area (TPSA) is 53.9 Å². The van der Waals surface area contributed by atoms with Crippen molar-refractivity contribution in [3.8, 4) is 5.75 Å². The SMILES string of the molecule is CCOc1cc(C2CC2)ccc1C1=N[C@@](C)(c2ccc(Cl)cc2)[C@@](C)(c2ccc(Cl)cc2)N1NC(=O)Cl. The number of rotatable bonds is 7. The van der Waals surface area contributed by atoms with Crippen molar-refractivity contribution in [2.75, 3.05) is 6.61 Å². The predicted molar refractivity (Wildman–Crippen MR) is 150 cm³/mol. The lowest BCUT2D eigenvalue weighted by molar-refractivity contribution is 0.0949. The number of carbonyl (C=O) groups excluding carboxylic acids is 1. The van der Waals surface area contributed by atoms with Crippen LogP contribution in [0.5, 0.6) is 5.75 Å². The summed E-state index contributed by atoms with van der Waals surface area (Å²) < 4.78 is 6.11. The third-order valence-corrected chi connectivity index (χ3v) is 8.13. The minimum absolute atomic E-state index is 0.499. The highest BCUT2D eigenvalue weighted by Crippen LogP contribution is 2.53. The summed E-state index contributed by atoms with van der Waals surface area (Å²) in [7, 11) is 0. The van der Waals surface area contributed by atoms with Crippen LogP contribution in [0, 0.1) is 0 Å². The average molecular weight is 557 g/mol. The zero-order chi connectivity index (χ0) is 26.4. The third-order valence-electron chi connectivity index (χ3n) is 7.54. The molecule has 1 amide bonds. The minimum atomic E-state index is -0.899. The monoisotopic (exact) mass is 555 g/mol. The van der Waals surface area contributed by atoms with Gasteiger partial charge in [0, 0.05) is 10.0 Å². The predicted octanol–water partition coefficient (Wildman–Crippen LogP) is 8.03. The molecule has 1 N–H and O–H groups in total. The van der Waals surface area contributed by atoms with Crippen LogP contribution >= 0.6 is 34.8 Å². The van der Waals surface area contributed by atoms with Crippen LogP contribution in [-0.4, -0.2) is 22.8 Å². The molecule has 0 saturated heterocycles. The third kappa shape index (κ3) is 4.58. The second-order valence-corrected chi connectivity index (χ2v) is 11.0. The molecule has 0 radical (unpaired) electrons. The maximum absolute atomic E-state index is 12.4. The Kier molecular flexibility index (Phi) is 6.90. The summed E-state index contributed by atoms with van der Waals surface area (Å²) in [6.07, 6.45) is 2.37. The first-order valence-corrected chi connectivity index (χ1v) is 13.5. The molecule has 0 unspecified atom stereocenters. The number of hydrogen-bond acceptors (Lipinski definition) is 4. The Hall–Kier alpha value is -2.73. The van der Waals surface area contributed by atoms with Crippen LogP contribution in [-0.2, 0) is 11.1 Å². The number of nitrogens with zero attached hydrogens (tertiary/aromatic N) is 2. The molecular formula is C29H28Cl3N3O2.